The Kier molecular flexibility index (Phi) is 5.90. The van der Waals surface area contributed by atoms with Gasteiger partial charge < -0.3 is 0 Å². The van der Waals surface area contributed by atoms with Crippen LogP contribution in [0.4, 0.5) is 0 Å². The molecule has 0 N–H and O–H groups in total. The Morgan fingerprint density at radius 2 is 1.43 bits per heavy atom. The molecule has 0 saturated heterocycles. The van der Waals surface area contributed by atoms with Gasteiger partial charge in [0.05, 0.1) is 0 Å². The van der Waals surface area contributed by atoms with Crippen molar-refractivity contribution < 1.29 is 0 Å². The van der Waals surface area contributed by atoms with Crippen LogP contribution in [0.1, 0.15) is 38.8 Å². The summed E-state index contributed by atoms with van der Waals surface area (Å²) >= 11 is 1.90. The van der Waals surface area contributed by atoms with Crippen molar-refractivity contribution in [3.05, 3.63) is 59.7 Å². The molecule has 3 aromatic carbocycles. The normalized spacial score (nSPS) is 10.9. The second kappa shape index (κ2) is 7.70. The summed E-state index contributed by atoms with van der Waals surface area (Å²) in [5.74, 6) is 0. The number of aryl methyl sites for hydroxylation is 2. The number of fused-ring (bicyclic) bond motifs is 2. The maximum absolute atomic E-state index is 2.29. The van der Waals surface area contributed by atoms with Crippen molar-refractivity contribution in [2.45, 2.75) is 51.3 Å². The summed E-state index contributed by atoms with van der Waals surface area (Å²) in [5.41, 5.74) is 5.44. The number of hydrogen-bond acceptors (Lipinski definition) is 1. The van der Waals surface area contributed by atoms with Crippen LogP contribution in [0.3, 0.4) is 0 Å². The molecule has 1 aliphatic heterocycles. The van der Waals surface area contributed by atoms with Crippen LogP contribution < -0.4 is 0 Å². The second-order valence-corrected chi connectivity index (χ2v) is 6.29. The molecule has 0 spiro atoms. The molecule has 0 amide bonds. The number of benzene rings is 3. The van der Waals surface area contributed by atoms with Crippen LogP contribution in [0.25, 0.3) is 21.9 Å². The molecule has 0 radical (unpaired) electrons. The average Bonchev–Trinajstić information content (AvgIpc) is 2.61. The number of hydrogen-bond donors (Lipinski definition) is 0. The minimum Gasteiger partial charge on any atom is -0.0888 e. The van der Waals surface area contributed by atoms with Crippen LogP contribution in [0.5, 0.6) is 0 Å². The lowest BCUT2D eigenvalue weighted by Gasteiger charge is -2.21. The maximum atomic E-state index is 2.29. The fourth-order valence-electron chi connectivity index (χ4n) is 2.88. The summed E-state index contributed by atoms with van der Waals surface area (Å²) in [6.45, 7) is 12.4. The van der Waals surface area contributed by atoms with Crippen LogP contribution >= 0.6 is 11.8 Å². The van der Waals surface area contributed by atoms with E-state index in [1.807, 2.05) is 39.5 Å². The van der Waals surface area contributed by atoms with E-state index < -0.39 is 0 Å². The fourth-order valence-corrected chi connectivity index (χ4v) is 4.11. The molecule has 0 unspecified atom stereocenters. The molecule has 0 atom stereocenters. The summed E-state index contributed by atoms with van der Waals surface area (Å²) in [6.07, 6.45) is 0. The predicted molar refractivity (Wildman–Crippen MR) is 106 cm³/mol. The molecule has 0 nitrogen and oxygen atoms in total. The van der Waals surface area contributed by atoms with E-state index in [0.717, 1.165) is 0 Å². The third kappa shape index (κ3) is 3.16. The van der Waals surface area contributed by atoms with Crippen LogP contribution in [0, 0.1) is 13.8 Å². The highest BCUT2D eigenvalue weighted by Crippen LogP contribution is 2.48. The van der Waals surface area contributed by atoms with Crippen molar-refractivity contribution in [2.24, 2.45) is 0 Å². The number of rotatable bonds is 0. The molecule has 1 heteroatoms. The van der Waals surface area contributed by atoms with Crippen molar-refractivity contribution in [3.63, 3.8) is 0 Å². The molecular weight excluding hydrogens is 296 g/mol. The fraction of sp³-hybridized carbons (Fsp3) is 0.273. The Morgan fingerprint density at radius 1 is 0.696 bits per heavy atom. The summed E-state index contributed by atoms with van der Waals surface area (Å²) in [4.78, 5) is 2.76. The lowest BCUT2D eigenvalue weighted by atomic mass is 9.95. The zero-order valence-electron chi connectivity index (χ0n) is 15.0. The van der Waals surface area contributed by atoms with E-state index in [-0.39, 0.29) is 0 Å². The van der Waals surface area contributed by atoms with E-state index >= 15 is 0 Å². The predicted octanol–water partition coefficient (Wildman–Crippen LogP) is 7.64. The van der Waals surface area contributed by atoms with E-state index in [1.165, 1.54) is 42.8 Å². The standard InChI is InChI=1S/C18H14S.2C2H6/c1-11-6-8-14-15-5-3-4-13-12(2)7-9-16(18(13)15)19-17(14)10-11;2*1-2/h3-10H,1-2H3;2*1-2H3. The van der Waals surface area contributed by atoms with Crippen molar-refractivity contribution in [1.82, 2.24) is 0 Å². The van der Waals surface area contributed by atoms with Gasteiger partial charge in [-0.2, -0.15) is 0 Å². The SMILES string of the molecule is CC.CC.Cc1ccc2c(c1)Sc1ccc(C)c3cccc-2c13. The summed E-state index contributed by atoms with van der Waals surface area (Å²) < 4.78 is 0. The zero-order valence-corrected chi connectivity index (χ0v) is 15.8. The first-order valence-corrected chi connectivity index (χ1v) is 9.37. The first-order valence-electron chi connectivity index (χ1n) is 8.55. The van der Waals surface area contributed by atoms with Crippen molar-refractivity contribution in [3.8, 4) is 11.1 Å². The summed E-state index contributed by atoms with van der Waals surface area (Å²) in [7, 11) is 0. The first kappa shape index (κ1) is 17.6. The molecule has 120 valence electrons. The van der Waals surface area contributed by atoms with Gasteiger partial charge in [0.25, 0.3) is 0 Å². The van der Waals surface area contributed by atoms with Gasteiger partial charge in [-0.05, 0) is 53.6 Å². The molecule has 1 heterocycles. The van der Waals surface area contributed by atoms with Gasteiger partial charge in [-0.25, -0.2) is 0 Å². The first-order chi connectivity index (χ1) is 11.2. The molecule has 3 aromatic rings. The Hall–Kier alpha value is -1.73. The Morgan fingerprint density at radius 3 is 2.17 bits per heavy atom. The highest BCUT2D eigenvalue weighted by Gasteiger charge is 2.19. The second-order valence-electron chi connectivity index (χ2n) is 5.21. The van der Waals surface area contributed by atoms with Gasteiger partial charge in [0, 0.05) is 15.2 Å². The lowest BCUT2D eigenvalue weighted by Crippen LogP contribution is -1.94. The maximum Gasteiger partial charge on any atom is 0.0207 e. The Balaban J connectivity index is 0.000000448. The van der Waals surface area contributed by atoms with Gasteiger partial charge in [0.15, 0.2) is 0 Å². The molecule has 1 aliphatic rings. The quantitative estimate of drug-likeness (QED) is 0.320. The van der Waals surface area contributed by atoms with Gasteiger partial charge in [0.2, 0.25) is 0 Å². The van der Waals surface area contributed by atoms with E-state index in [0.29, 0.717) is 0 Å². The van der Waals surface area contributed by atoms with E-state index in [4.69, 9.17) is 0 Å². The molecule has 0 aliphatic carbocycles. The molecule has 0 bridgehead atoms. The van der Waals surface area contributed by atoms with Crippen molar-refractivity contribution in [1.29, 1.82) is 0 Å². The van der Waals surface area contributed by atoms with E-state index in [2.05, 4.69) is 62.4 Å². The Labute approximate surface area is 144 Å². The highest BCUT2D eigenvalue weighted by molar-refractivity contribution is 7.99. The Bertz CT molecular complexity index is 816. The molecule has 0 fully saturated rings. The smallest absolute Gasteiger partial charge is 0.0207 e. The van der Waals surface area contributed by atoms with Crippen LogP contribution in [0.15, 0.2) is 58.3 Å². The van der Waals surface area contributed by atoms with Gasteiger partial charge in [0.1, 0.15) is 0 Å². The van der Waals surface area contributed by atoms with Crippen molar-refractivity contribution >= 4 is 22.5 Å². The van der Waals surface area contributed by atoms with Crippen LogP contribution in [0.2, 0.25) is 0 Å². The third-order valence-electron chi connectivity index (χ3n) is 3.87. The average molecular weight is 323 g/mol. The highest BCUT2D eigenvalue weighted by atomic mass is 32.2. The van der Waals surface area contributed by atoms with Gasteiger partial charge >= 0.3 is 0 Å². The van der Waals surface area contributed by atoms with Crippen LogP contribution in [-0.4, -0.2) is 0 Å². The lowest BCUT2D eigenvalue weighted by molar-refractivity contribution is 1.33. The molecule has 4 rings (SSSR count). The van der Waals surface area contributed by atoms with Crippen molar-refractivity contribution in [2.75, 3.05) is 0 Å². The third-order valence-corrected chi connectivity index (χ3v) is 4.99. The summed E-state index contributed by atoms with van der Waals surface area (Å²) in [6, 6.07) is 17.9. The monoisotopic (exact) mass is 322 g/mol. The molecule has 0 saturated carbocycles. The van der Waals surface area contributed by atoms with Gasteiger partial charge in [-0.1, -0.05) is 75.9 Å². The molecule has 0 aromatic heterocycles. The van der Waals surface area contributed by atoms with Gasteiger partial charge in [-0.3, -0.25) is 0 Å². The minimum absolute atomic E-state index is 1.33. The van der Waals surface area contributed by atoms with E-state index in [1.54, 1.807) is 0 Å². The largest absolute Gasteiger partial charge is 0.0888 e. The van der Waals surface area contributed by atoms with Crippen LogP contribution in [-0.2, 0) is 0 Å². The minimum atomic E-state index is 1.33. The summed E-state index contributed by atoms with van der Waals surface area (Å²) in [5, 5.41) is 2.80. The van der Waals surface area contributed by atoms with Gasteiger partial charge in [-0.15, -0.1) is 0 Å². The molecule has 23 heavy (non-hydrogen) atoms. The molecular formula is C22H26S. The van der Waals surface area contributed by atoms with E-state index in [9.17, 15) is 0 Å². The zero-order chi connectivity index (χ0) is 17.0. The topological polar surface area (TPSA) is 0 Å².